The second kappa shape index (κ2) is 9.00. The number of sulfone groups is 1. The van der Waals surface area contributed by atoms with E-state index in [1.807, 2.05) is 6.07 Å². The van der Waals surface area contributed by atoms with Gasteiger partial charge < -0.3 is 4.52 Å². The number of rotatable bonds is 5. The SMILES string of the molecule is Cc1c(-c2ncon2)nc(-c2ccccc2C(F)(F)F)n1-c1ccc(-c2ccccc2)c(S(C)(=O)=O)c1. The molecule has 11 heteroatoms. The number of aromatic nitrogens is 4. The summed E-state index contributed by atoms with van der Waals surface area (Å²) in [5, 5.41) is 3.79. The maximum Gasteiger partial charge on any atom is 0.417 e. The minimum atomic E-state index is -4.65. The van der Waals surface area contributed by atoms with Crippen molar-refractivity contribution in [3.05, 3.63) is 90.4 Å². The lowest BCUT2D eigenvalue weighted by molar-refractivity contribution is -0.137. The third kappa shape index (κ3) is 4.53. The third-order valence-electron chi connectivity index (χ3n) is 5.86. The van der Waals surface area contributed by atoms with Gasteiger partial charge in [-0.05, 0) is 30.7 Å². The Hall–Kier alpha value is -4.25. The Bertz CT molecular complexity index is 1700. The van der Waals surface area contributed by atoms with Gasteiger partial charge in [0, 0.05) is 23.1 Å². The zero-order valence-electron chi connectivity index (χ0n) is 19.6. The highest BCUT2D eigenvalue weighted by Crippen LogP contribution is 2.40. The predicted molar refractivity (Wildman–Crippen MR) is 131 cm³/mol. The summed E-state index contributed by atoms with van der Waals surface area (Å²) in [4.78, 5) is 8.50. The molecule has 2 aromatic heterocycles. The maximum atomic E-state index is 14.0. The van der Waals surface area contributed by atoms with E-state index in [2.05, 4.69) is 15.1 Å². The van der Waals surface area contributed by atoms with Crippen LogP contribution in [0.2, 0.25) is 0 Å². The van der Waals surface area contributed by atoms with Crippen LogP contribution < -0.4 is 0 Å². The Labute approximate surface area is 210 Å². The zero-order chi connectivity index (χ0) is 26.4. The number of nitrogens with zero attached hydrogens (tertiary/aromatic N) is 4. The molecule has 0 amide bonds. The molecule has 5 rings (SSSR count). The summed E-state index contributed by atoms with van der Waals surface area (Å²) < 4.78 is 73.8. The second-order valence-electron chi connectivity index (χ2n) is 8.32. The summed E-state index contributed by atoms with van der Waals surface area (Å²) in [5.41, 5.74) is 1.01. The summed E-state index contributed by atoms with van der Waals surface area (Å²) in [5.74, 6) is 0.0448. The van der Waals surface area contributed by atoms with Crippen molar-refractivity contribution < 1.29 is 26.1 Å². The lowest BCUT2D eigenvalue weighted by Crippen LogP contribution is -2.10. The Balaban J connectivity index is 1.82. The van der Waals surface area contributed by atoms with Gasteiger partial charge in [-0.15, -0.1) is 0 Å². The van der Waals surface area contributed by atoms with E-state index >= 15 is 0 Å². The van der Waals surface area contributed by atoms with E-state index in [4.69, 9.17) is 4.52 Å². The molecule has 5 aromatic rings. The average Bonchev–Trinajstić information content (AvgIpc) is 3.51. The van der Waals surface area contributed by atoms with Crippen LogP contribution in [0, 0.1) is 6.92 Å². The molecule has 3 aromatic carbocycles. The summed E-state index contributed by atoms with van der Waals surface area (Å²) in [6.07, 6.45) is -2.47. The van der Waals surface area contributed by atoms with Crippen LogP contribution in [0.15, 0.2) is 88.6 Å². The molecule has 0 saturated carbocycles. The predicted octanol–water partition coefficient (Wildman–Crippen LogP) is 5.99. The first-order chi connectivity index (χ1) is 17.6. The van der Waals surface area contributed by atoms with E-state index in [-0.39, 0.29) is 27.8 Å². The Morgan fingerprint density at radius 3 is 2.27 bits per heavy atom. The Morgan fingerprint density at radius 2 is 1.62 bits per heavy atom. The molecule has 0 saturated heterocycles. The quantitative estimate of drug-likeness (QED) is 0.281. The summed E-state index contributed by atoms with van der Waals surface area (Å²) in [6.45, 7) is 1.64. The summed E-state index contributed by atoms with van der Waals surface area (Å²) in [6, 6.07) is 18.7. The highest BCUT2D eigenvalue weighted by atomic mass is 32.2. The van der Waals surface area contributed by atoms with Crippen molar-refractivity contribution in [2.24, 2.45) is 0 Å². The van der Waals surface area contributed by atoms with Gasteiger partial charge in [0.2, 0.25) is 12.2 Å². The molecule has 0 bridgehead atoms. The van der Waals surface area contributed by atoms with E-state index in [1.54, 1.807) is 43.3 Å². The fraction of sp³-hybridized carbons (Fsp3) is 0.115. The first kappa shape index (κ1) is 24.4. The monoisotopic (exact) mass is 524 g/mol. The minimum Gasteiger partial charge on any atom is -0.342 e. The van der Waals surface area contributed by atoms with Crippen LogP contribution in [0.3, 0.4) is 0 Å². The van der Waals surface area contributed by atoms with Crippen LogP contribution >= 0.6 is 0 Å². The standard InChI is InChI=1S/C26H19F3N4O3S/c1-16-23(24-30-15-36-32-24)31-25(20-10-6-7-11-21(20)26(27,28)29)33(16)18-12-13-19(17-8-4-3-5-9-17)22(14-18)37(2,34)35/h3-15H,1-2H3. The number of alkyl halides is 3. The topological polar surface area (TPSA) is 90.9 Å². The maximum absolute atomic E-state index is 14.0. The lowest BCUT2D eigenvalue weighted by atomic mass is 10.0. The lowest BCUT2D eigenvalue weighted by Gasteiger charge is -2.17. The zero-order valence-corrected chi connectivity index (χ0v) is 20.4. The molecule has 37 heavy (non-hydrogen) atoms. The molecular weight excluding hydrogens is 505 g/mol. The number of halogens is 3. The van der Waals surface area contributed by atoms with Gasteiger partial charge in [-0.3, -0.25) is 4.57 Å². The van der Waals surface area contributed by atoms with Gasteiger partial charge in [0.15, 0.2) is 9.84 Å². The minimum absolute atomic E-state index is 0.0282. The van der Waals surface area contributed by atoms with Gasteiger partial charge in [0.25, 0.3) is 0 Å². The molecule has 0 fully saturated rings. The van der Waals surface area contributed by atoms with Crippen molar-refractivity contribution in [1.82, 2.24) is 19.7 Å². The van der Waals surface area contributed by atoms with E-state index < -0.39 is 21.6 Å². The molecule has 0 aliphatic carbocycles. The van der Waals surface area contributed by atoms with Gasteiger partial charge in [0.05, 0.1) is 16.2 Å². The van der Waals surface area contributed by atoms with Crippen molar-refractivity contribution in [2.45, 2.75) is 18.0 Å². The molecule has 0 atom stereocenters. The molecule has 0 unspecified atom stereocenters. The molecular formula is C26H19F3N4O3S. The molecule has 0 radical (unpaired) electrons. The smallest absolute Gasteiger partial charge is 0.342 e. The van der Waals surface area contributed by atoms with Crippen LogP contribution in [-0.2, 0) is 16.0 Å². The molecule has 2 heterocycles. The Kier molecular flexibility index (Phi) is 5.95. The first-order valence-electron chi connectivity index (χ1n) is 11.0. The fourth-order valence-corrected chi connectivity index (χ4v) is 5.14. The number of benzene rings is 3. The number of imidazole rings is 1. The Morgan fingerprint density at radius 1 is 0.919 bits per heavy atom. The molecule has 188 valence electrons. The van der Waals surface area contributed by atoms with E-state index in [0.717, 1.165) is 18.7 Å². The van der Waals surface area contributed by atoms with Gasteiger partial charge in [-0.25, -0.2) is 13.4 Å². The van der Waals surface area contributed by atoms with Crippen LogP contribution in [0.5, 0.6) is 0 Å². The van der Waals surface area contributed by atoms with E-state index in [9.17, 15) is 21.6 Å². The van der Waals surface area contributed by atoms with Gasteiger partial charge in [-0.2, -0.15) is 18.2 Å². The number of hydrogen-bond donors (Lipinski definition) is 0. The van der Waals surface area contributed by atoms with Crippen LogP contribution in [-0.4, -0.2) is 34.4 Å². The van der Waals surface area contributed by atoms with E-state index in [1.165, 1.54) is 28.8 Å². The van der Waals surface area contributed by atoms with Crippen molar-refractivity contribution in [2.75, 3.05) is 6.26 Å². The molecule has 0 N–H and O–H groups in total. The van der Waals surface area contributed by atoms with Crippen molar-refractivity contribution >= 4 is 9.84 Å². The van der Waals surface area contributed by atoms with Crippen molar-refractivity contribution in [1.29, 1.82) is 0 Å². The molecule has 0 aliphatic rings. The largest absolute Gasteiger partial charge is 0.417 e. The fourth-order valence-electron chi connectivity index (χ4n) is 4.22. The normalized spacial score (nSPS) is 12.1. The van der Waals surface area contributed by atoms with E-state index in [0.29, 0.717) is 22.5 Å². The van der Waals surface area contributed by atoms with Crippen LogP contribution in [0.1, 0.15) is 11.3 Å². The first-order valence-corrected chi connectivity index (χ1v) is 12.9. The van der Waals surface area contributed by atoms with Crippen LogP contribution in [0.4, 0.5) is 13.2 Å². The summed E-state index contributed by atoms with van der Waals surface area (Å²) in [7, 11) is -3.72. The number of hydrogen-bond acceptors (Lipinski definition) is 6. The molecule has 0 aliphatic heterocycles. The van der Waals surface area contributed by atoms with Crippen molar-refractivity contribution in [3.8, 4) is 39.7 Å². The summed E-state index contributed by atoms with van der Waals surface area (Å²) >= 11 is 0. The average molecular weight is 525 g/mol. The second-order valence-corrected chi connectivity index (χ2v) is 10.3. The highest BCUT2D eigenvalue weighted by Gasteiger charge is 2.35. The highest BCUT2D eigenvalue weighted by molar-refractivity contribution is 7.90. The molecule has 7 nitrogen and oxygen atoms in total. The van der Waals surface area contributed by atoms with Crippen LogP contribution in [0.25, 0.3) is 39.7 Å². The van der Waals surface area contributed by atoms with Gasteiger partial charge in [0.1, 0.15) is 11.5 Å². The third-order valence-corrected chi connectivity index (χ3v) is 7.00. The molecule has 0 spiro atoms. The van der Waals surface area contributed by atoms with Gasteiger partial charge in [-0.1, -0.05) is 59.8 Å². The van der Waals surface area contributed by atoms with Gasteiger partial charge >= 0.3 is 6.18 Å². The van der Waals surface area contributed by atoms with Crippen molar-refractivity contribution in [3.63, 3.8) is 0 Å².